The molecule has 3 saturated carbocycles. The van der Waals surface area contributed by atoms with Crippen LogP contribution in [0.25, 0.3) is 0 Å². The number of aromatic nitrogens is 1. The van der Waals surface area contributed by atoms with Crippen molar-refractivity contribution < 1.29 is 23.9 Å². The van der Waals surface area contributed by atoms with E-state index in [4.69, 9.17) is 4.74 Å². The number of hydrogen-bond acceptors (Lipinski definition) is 7. The molecule has 5 fully saturated rings. The first-order chi connectivity index (χ1) is 20.0. The molecular weight excluding hydrogens is 554 g/mol. The first kappa shape index (κ1) is 29.5. The molecule has 0 radical (unpaired) electrons. The van der Waals surface area contributed by atoms with Crippen LogP contribution in [-0.4, -0.2) is 90.4 Å². The SMILES string of the molecule is CNC(=O)[C@@H](NC(=O)[C@@H]1CN(C(=O)c2cncs2)CC12CN(C(=O)[C@H]1CC1(C)C)C2)[C@@H](C)OCC1CCC2(CC1)CC2. The summed E-state index contributed by atoms with van der Waals surface area (Å²) in [4.78, 5) is 61.5. The first-order valence-corrected chi connectivity index (χ1v) is 16.4. The van der Waals surface area contributed by atoms with E-state index in [1.54, 1.807) is 23.7 Å². The Bertz CT molecular complexity index is 1210. The number of rotatable bonds is 9. The molecule has 6 rings (SSSR count). The van der Waals surface area contributed by atoms with E-state index < -0.39 is 23.5 Å². The Morgan fingerprint density at radius 3 is 2.31 bits per heavy atom. The average molecular weight is 600 g/mol. The molecule has 11 heteroatoms. The van der Waals surface area contributed by atoms with Crippen LogP contribution < -0.4 is 10.6 Å². The third-order valence-corrected chi connectivity index (χ3v) is 11.8. The molecule has 1 aromatic rings. The van der Waals surface area contributed by atoms with Gasteiger partial charge in [-0.1, -0.05) is 13.8 Å². The van der Waals surface area contributed by atoms with Crippen molar-refractivity contribution in [1.29, 1.82) is 0 Å². The van der Waals surface area contributed by atoms with E-state index in [0.29, 0.717) is 42.5 Å². The number of likely N-dealkylation sites (tertiary alicyclic amines) is 2. The van der Waals surface area contributed by atoms with Crippen molar-refractivity contribution in [1.82, 2.24) is 25.4 Å². The molecule has 42 heavy (non-hydrogen) atoms. The first-order valence-electron chi connectivity index (χ1n) is 15.6. The molecule has 0 bridgehead atoms. The van der Waals surface area contributed by atoms with Gasteiger partial charge in [-0.2, -0.15) is 0 Å². The van der Waals surface area contributed by atoms with Crippen molar-refractivity contribution in [2.24, 2.45) is 34.0 Å². The molecule has 3 aliphatic carbocycles. The van der Waals surface area contributed by atoms with E-state index >= 15 is 0 Å². The monoisotopic (exact) mass is 599 g/mol. The Kier molecular flexibility index (Phi) is 7.65. The van der Waals surface area contributed by atoms with Crippen molar-refractivity contribution in [3.63, 3.8) is 0 Å². The Labute approximate surface area is 252 Å². The van der Waals surface area contributed by atoms with E-state index in [0.717, 1.165) is 19.3 Å². The lowest BCUT2D eigenvalue weighted by atomic mass is 9.70. The minimum absolute atomic E-state index is 0.0214. The molecule has 10 nitrogen and oxygen atoms in total. The van der Waals surface area contributed by atoms with Gasteiger partial charge in [0.15, 0.2) is 0 Å². The number of thiazole rings is 1. The Balaban J connectivity index is 1.12. The number of carbonyl (C=O) groups is 4. The van der Waals surface area contributed by atoms with Gasteiger partial charge in [-0.3, -0.25) is 24.2 Å². The maximum atomic E-state index is 14.0. The van der Waals surface area contributed by atoms with E-state index in [1.807, 2.05) is 11.8 Å². The highest BCUT2D eigenvalue weighted by atomic mass is 32.1. The predicted octanol–water partition coefficient (Wildman–Crippen LogP) is 2.70. The number of likely N-dealkylation sites (N-methyl/N-ethyl adjacent to an activating group) is 1. The van der Waals surface area contributed by atoms with Gasteiger partial charge in [0.1, 0.15) is 10.9 Å². The largest absolute Gasteiger partial charge is 0.376 e. The van der Waals surface area contributed by atoms with Crippen LogP contribution in [0.1, 0.15) is 75.4 Å². The van der Waals surface area contributed by atoms with Crippen molar-refractivity contribution in [2.45, 2.75) is 77.9 Å². The highest BCUT2D eigenvalue weighted by molar-refractivity contribution is 7.11. The lowest BCUT2D eigenvalue weighted by molar-refractivity contribution is -0.152. The van der Waals surface area contributed by atoms with Gasteiger partial charge in [0.25, 0.3) is 5.91 Å². The molecule has 230 valence electrons. The number of ether oxygens (including phenoxy) is 1. The molecule has 2 N–H and O–H groups in total. The van der Waals surface area contributed by atoms with Crippen LogP contribution in [0.5, 0.6) is 0 Å². The third-order valence-electron chi connectivity index (χ3n) is 11.0. The lowest BCUT2D eigenvalue weighted by Crippen LogP contribution is -2.65. The second kappa shape index (κ2) is 10.9. The average Bonchev–Trinajstić information content (AvgIpc) is 3.65. The standard InChI is InChI=1S/C31H45N5O5S/c1-19(41-14-20-5-7-30(8-6-20)9-10-30)24(26(38)32-4)34-25(37)22-13-35(28(40)23-12-33-18-42-23)15-31(22)16-36(17-31)27(39)21-11-29(21,2)3/h12,18-22,24H,5-11,13-17H2,1-4H3,(H,32,38)(H,34,37)/t19-,21-,22+,24+/m1/s1. The van der Waals surface area contributed by atoms with E-state index in [9.17, 15) is 19.2 Å². The zero-order valence-corrected chi connectivity index (χ0v) is 26.1. The fraction of sp³-hybridized carbons (Fsp3) is 0.774. The summed E-state index contributed by atoms with van der Waals surface area (Å²) >= 11 is 1.28. The summed E-state index contributed by atoms with van der Waals surface area (Å²) in [7, 11) is 1.56. The van der Waals surface area contributed by atoms with E-state index in [-0.39, 0.29) is 41.5 Å². The fourth-order valence-corrected chi connectivity index (χ4v) is 8.17. The van der Waals surface area contributed by atoms with Gasteiger partial charge in [0.05, 0.1) is 23.7 Å². The second-order valence-corrected chi connectivity index (χ2v) is 15.4. The quantitative estimate of drug-likeness (QED) is 0.450. The van der Waals surface area contributed by atoms with Crippen LogP contribution in [0.2, 0.25) is 0 Å². The molecule has 2 saturated heterocycles. The smallest absolute Gasteiger partial charge is 0.265 e. The van der Waals surface area contributed by atoms with Crippen LogP contribution >= 0.6 is 11.3 Å². The van der Waals surface area contributed by atoms with Gasteiger partial charge < -0.3 is 25.2 Å². The lowest BCUT2D eigenvalue weighted by Gasteiger charge is -2.50. The van der Waals surface area contributed by atoms with Crippen molar-refractivity contribution in [2.75, 3.05) is 39.8 Å². The molecule has 0 unspecified atom stereocenters. The normalized spacial score (nSPS) is 28.2. The summed E-state index contributed by atoms with van der Waals surface area (Å²) in [6.07, 6.45) is 9.50. The molecular formula is C31H45N5O5S. The molecule has 2 spiro atoms. The maximum absolute atomic E-state index is 14.0. The predicted molar refractivity (Wildman–Crippen MR) is 157 cm³/mol. The van der Waals surface area contributed by atoms with Crippen LogP contribution in [0.15, 0.2) is 11.7 Å². The van der Waals surface area contributed by atoms with Crippen molar-refractivity contribution >= 4 is 35.0 Å². The highest BCUT2D eigenvalue weighted by Crippen LogP contribution is 2.57. The van der Waals surface area contributed by atoms with E-state index in [2.05, 4.69) is 29.5 Å². The molecule has 5 aliphatic rings. The Morgan fingerprint density at radius 1 is 1.07 bits per heavy atom. The minimum atomic E-state index is -0.853. The molecule has 0 aromatic carbocycles. The zero-order valence-electron chi connectivity index (χ0n) is 25.3. The summed E-state index contributed by atoms with van der Waals surface area (Å²) in [5.74, 6) is -0.628. The van der Waals surface area contributed by atoms with Crippen LogP contribution in [0.4, 0.5) is 0 Å². The van der Waals surface area contributed by atoms with Crippen LogP contribution in [0, 0.1) is 34.0 Å². The van der Waals surface area contributed by atoms with Gasteiger partial charge in [-0.05, 0) is 68.6 Å². The molecule has 1 aromatic heterocycles. The van der Waals surface area contributed by atoms with Gasteiger partial charge in [0.2, 0.25) is 17.7 Å². The zero-order chi connectivity index (χ0) is 29.9. The molecule has 2 aliphatic heterocycles. The van der Waals surface area contributed by atoms with Gasteiger partial charge in [-0.15, -0.1) is 11.3 Å². The van der Waals surface area contributed by atoms with Gasteiger partial charge in [0, 0.05) is 51.2 Å². The summed E-state index contributed by atoms with van der Waals surface area (Å²) in [6.45, 7) is 8.12. The third kappa shape index (κ3) is 5.58. The molecule has 4 amide bonds. The number of nitrogens with zero attached hydrogens (tertiary/aromatic N) is 3. The highest BCUT2D eigenvalue weighted by Gasteiger charge is 2.62. The summed E-state index contributed by atoms with van der Waals surface area (Å²) in [5, 5.41) is 5.69. The summed E-state index contributed by atoms with van der Waals surface area (Å²) in [6, 6.07) is -0.853. The number of carbonyl (C=O) groups excluding carboxylic acids is 4. The maximum Gasteiger partial charge on any atom is 0.265 e. The number of amides is 4. The number of hydrogen-bond donors (Lipinski definition) is 2. The van der Waals surface area contributed by atoms with Crippen LogP contribution in [-0.2, 0) is 19.1 Å². The van der Waals surface area contributed by atoms with E-state index in [1.165, 1.54) is 37.0 Å². The van der Waals surface area contributed by atoms with Crippen molar-refractivity contribution in [3.8, 4) is 0 Å². The summed E-state index contributed by atoms with van der Waals surface area (Å²) < 4.78 is 6.22. The Hall–Kier alpha value is -2.53. The van der Waals surface area contributed by atoms with Crippen LogP contribution in [0.3, 0.4) is 0 Å². The topological polar surface area (TPSA) is 121 Å². The van der Waals surface area contributed by atoms with Gasteiger partial charge >= 0.3 is 0 Å². The fourth-order valence-electron chi connectivity index (χ4n) is 7.58. The number of nitrogens with one attached hydrogen (secondary N) is 2. The second-order valence-electron chi connectivity index (χ2n) is 14.5. The molecule has 4 atom stereocenters. The minimum Gasteiger partial charge on any atom is -0.376 e. The molecule has 3 heterocycles. The Morgan fingerprint density at radius 2 is 1.74 bits per heavy atom. The van der Waals surface area contributed by atoms with Gasteiger partial charge in [-0.25, -0.2) is 0 Å². The summed E-state index contributed by atoms with van der Waals surface area (Å²) in [5.41, 5.74) is 1.71. The van der Waals surface area contributed by atoms with Crippen molar-refractivity contribution in [3.05, 3.63) is 16.6 Å².